The van der Waals surface area contributed by atoms with Crippen molar-refractivity contribution in [2.24, 2.45) is 0 Å². The number of carbonyl (C=O) groups is 2. The first kappa shape index (κ1) is 13.0. The highest BCUT2D eigenvalue weighted by Crippen LogP contribution is 2.29. The molecule has 0 bridgehead atoms. The van der Waals surface area contributed by atoms with Crippen molar-refractivity contribution in [3.05, 3.63) is 0 Å². The Morgan fingerprint density at radius 2 is 1.81 bits per heavy atom. The molecular weight excluding hydrogens is 277 g/mol. The summed E-state index contributed by atoms with van der Waals surface area (Å²) in [6.45, 7) is -1.27. The number of alkyl halides is 3. The molecule has 0 aromatic rings. The fourth-order valence-corrected chi connectivity index (χ4v) is 2.06. The summed E-state index contributed by atoms with van der Waals surface area (Å²) in [5, 5.41) is -1.33. The normalized spacial score (nSPS) is 18.1. The number of hydrogen-bond acceptors (Lipinski definition) is 4. The van der Waals surface area contributed by atoms with Crippen LogP contribution in [-0.4, -0.2) is 47.6 Å². The van der Waals surface area contributed by atoms with Gasteiger partial charge in [-0.15, -0.1) is 0 Å². The van der Waals surface area contributed by atoms with E-state index in [4.69, 9.17) is 11.6 Å². The average molecular weight is 281 g/mol. The van der Waals surface area contributed by atoms with Crippen molar-refractivity contribution in [2.75, 3.05) is 13.1 Å². The SMILES string of the molecule is O=C(Cl)N1CCN(S(=O)(=O)C(F)(F)F)C1=O. The number of urea groups is 1. The van der Waals surface area contributed by atoms with E-state index < -0.39 is 44.3 Å². The molecule has 1 aliphatic heterocycles. The summed E-state index contributed by atoms with van der Waals surface area (Å²) < 4.78 is 57.4. The molecule has 0 saturated carbocycles. The highest BCUT2D eigenvalue weighted by atomic mass is 35.5. The Balaban J connectivity index is 3.04. The summed E-state index contributed by atoms with van der Waals surface area (Å²) in [4.78, 5) is 21.9. The fourth-order valence-electron chi connectivity index (χ4n) is 1.03. The van der Waals surface area contributed by atoms with Gasteiger partial charge in [0.1, 0.15) is 0 Å². The lowest BCUT2D eigenvalue weighted by Gasteiger charge is -2.17. The number of imide groups is 1. The van der Waals surface area contributed by atoms with Crippen molar-refractivity contribution in [1.29, 1.82) is 0 Å². The second-order valence-corrected chi connectivity index (χ2v) is 4.89. The van der Waals surface area contributed by atoms with Gasteiger partial charge in [0.05, 0.1) is 13.1 Å². The first-order valence-electron chi connectivity index (χ1n) is 3.69. The van der Waals surface area contributed by atoms with E-state index in [0.29, 0.717) is 0 Å². The molecule has 3 amide bonds. The quantitative estimate of drug-likeness (QED) is 0.529. The van der Waals surface area contributed by atoms with Gasteiger partial charge in [0.25, 0.3) is 0 Å². The van der Waals surface area contributed by atoms with Gasteiger partial charge in [-0.3, -0.25) is 4.79 Å². The predicted molar refractivity (Wildman–Crippen MR) is 45.0 cm³/mol. The third-order valence-corrected chi connectivity index (χ3v) is 3.47. The Labute approximate surface area is 92.6 Å². The lowest BCUT2D eigenvalue weighted by Crippen LogP contribution is -2.43. The third kappa shape index (κ3) is 1.94. The summed E-state index contributed by atoms with van der Waals surface area (Å²) in [5.41, 5.74) is -5.59. The molecule has 1 aliphatic rings. The number of rotatable bonds is 1. The monoisotopic (exact) mass is 280 g/mol. The molecule has 1 heterocycles. The lowest BCUT2D eigenvalue weighted by molar-refractivity contribution is -0.0474. The minimum absolute atomic E-state index is 0.199. The Kier molecular flexibility index (Phi) is 3.07. The van der Waals surface area contributed by atoms with Gasteiger partial charge in [-0.1, -0.05) is 0 Å². The van der Waals surface area contributed by atoms with Gasteiger partial charge in [0.15, 0.2) is 0 Å². The van der Waals surface area contributed by atoms with Gasteiger partial charge >= 0.3 is 26.9 Å². The van der Waals surface area contributed by atoms with E-state index in [1.807, 2.05) is 0 Å². The second kappa shape index (κ2) is 3.77. The van der Waals surface area contributed by atoms with Crippen LogP contribution in [0.5, 0.6) is 0 Å². The number of sulfonamides is 1. The van der Waals surface area contributed by atoms with Crippen LogP contribution >= 0.6 is 11.6 Å². The van der Waals surface area contributed by atoms with Crippen LogP contribution < -0.4 is 0 Å². The van der Waals surface area contributed by atoms with Crippen molar-refractivity contribution in [2.45, 2.75) is 5.51 Å². The van der Waals surface area contributed by atoms with E-state index >= 15 is 0 Å². The maximum absolute atomic E-state index is 12.1. The van der Waals surface area contributed by atoms with E-state index in [0.717, 1.165) is 0 Å². The smallest absolute Gasteiger partial charge is 0.255 e. The van der Waals surface area contributed by atoms with Crippen LogP contribution in [0.1, 0.15) is 0 Å². The number of amides is 3. The molecule has 11 heteroatoms. The summed E-state index contributed by atoms with van der Waals surface area (Å²) in [6, 6.07) is -1.60. The highest BCUT2D eigenvalue weighted by molar-refractivity contribution is 7.90. The van der Waals surface area contributed by atoms with Crippen molar-refractivity contribution in [1.82, 2.24) is 9.21 Å². The molecule has 0 N–H and O–H groups in total. The Hall–Kier alpha value is -1.03. The number of nitrogens with zero attached hydrogens (tertiary/aromatic N) is 2. The molecule has 0 aromatic carbocycles. The van der Waals surface area contributed by atoms with Gasteiger partial charge in [-0.25, -0.2) is 14.0 Å². The van der Waals surface area contributed by atoms with Crippen LogP contribution in [0.15, 0.2) is 0 Å². The zero-order valence-corrected chi connectivity index (χ0v) is 8.93. The Morgan fingerprint density at radius 1 is 1.31 bits per heavy atom. The van der Waals surface area contributed by atoms with E-state index in [-0.39, 0.29) is 4.90 Å². The maximum atomic E-state index is 12.1. The van der Waals surface area contributed by atoms with Crippen LogP contribution in [0.2, 0.25) is 0 Å². The van der Waals surface area contributed by atoms with Crippen LogP contribution in [0.25, 0.3) is 0 Å². The van der Waals surface area contributed by atoms with E-state index in [1.165, 1.54) is 0 Å². The molecule has 1 rings (SSSR count). The van der Waals surface area contributed by atoms with Crippen molar-refractivity contribution >= 4 is 33.0 Å². The molecule has 0 unspecified atom stereocenters. The van der Waals surface area contributed by atoms with Gasteiger partial charge in [-0.2, -0.15) is 21.6 Å². The fraction of sp³-hybridized carbons (Fsp3) is 0.600. The standard InChI is InChI=1S/C5H4ClF3N2O4S/c6-3(12)10-1-2-11(4(10)13)16(14,15)5(7,8)9/h1-2H2. The first-order valence-corrected chi connectivity index (χ1v) is 5.51. The molecule has 1 saturated heterocycles. The number of carbonyl (C=O) groups excluding carboxylic acids is 2. The molecule has 0 aromatic heterocycles. The highest BCUT2D eigenvalue weighted by Gasteiger charge is 2.54. The minimum atomic E-state index is -5.76. The van der Waals surface area contributed by atoms with Crippen LogP contribution in [0.4, 0.5) is 22.8 Å². The Bertz CT molecular complexity index is 433. The lowest BCUT2D eigenvalue weighted by atomic mass is 10.7. The summed E-state index contributed by atoms with van der Waals surface area (Å²) in [7, 11) is -5.76. The van der Waals surface area contributed by atoms with E-state index in [2.05, 4.69) is 0 Å². The summed E-state index contributed by atoms with van der Waals surface area (Å²) >= 11 is 4.87. The van der Waals surface area contributed by atoms with Crippen molar-refractivity contribution < 1.29 is 31.2 Å². The average Bonchev–Trinajstić information content (AvgIpc) is 2.44. The minimum Gasteiger partial charge on any atom is -0.255 e. The van der Waals surface area contributed by atoms with Gasteiger partial charge < -0.3 is 0 Å². The number of hydrogen-bond donors (Lipinski definition) is 0. The van der Waals surface area contributed by atoms with Gasteiger partial charge in [0.2, 0.25) is 0 Å². The van der Waals surface area contributed by atoms with Crippen LogP contribution in [-0.2, 0) is 10.0 Å². The summed E-state index contributed by atoms with van der Waals surface area (Å²) in [6.07, 6.45) is 0. The maximum Gasteiger partial charge on any atom is 0.516 e. The molecule has 92 valence electrons. The van der Waals surface area contributed by atoms with E-state index in [1.54, 1.807) is 0 Å². The van der Waals surface area contributed by atoms with Crippen LogP contribution in [0, 0.1) is 0 Å². The molecular formula is C5H4ClF3N2O4S. The zero-order valence-electron chi connectivity index (χ0n) is 7.36. The van der Waals surface area contributed by atoms with Crippen molar-refractivity contribution in [3.8, 4) is 0 Å². The Morgan fingerprint density at radius 3 is 2.12 bits per heavy atom. The molecule has 0 aliphatic carbocycles. The molecule has 0 atom stereocenters. The third-order valence-electron chi connectivity index (χ3n) is 1.77. The van der Waals surface area contributed by atoms with Crippen molar-refractivity contribution in [3.63, 3.8) is 0 Å². The van der Waals surface area contributed by atoms with E-state index in [9.17, 15) is 31.2 Å². The summed E-state index contributed by atoms with van der Waals surface area (Å²) in [5.74, 6) is 0. The largest absolute Gasteiger partial charge is 0.516 e. The molecule has 1 fully saturated rings. The van der Waals surface area contributed by atoms with Crippen LogP contribution in [0.3, 0.4) is 0 Å². The zero-order chi connectivity index (χ0) is 12.7. The predicted octanol–water partition coefficient (Wildman–Crippen LogP) is 0.932. The molecule has 0 radical (unpaired) electrons. The van der Waals surface area contributed by atoms with Gasteiger partial charge in [0, 0.05) is 0 Å². The second-order valence-electron chi connectivity index (χ2n) is 2.71. The molecule has 6 nitrogen and oxygen atoms in total. The topological polar surface area (TPSA) is 74.8 Å². The van der Waals surface area contributed by atoms with Gasteiger partial charge in [-0.05, 0) is 11.6 Å². The number of halogens is 4. The molecule has 0 spiro atoms. The first-order chi connectivity index (χ1) is 7.09. The molecule has 16 heavy (non-hydrogen) atoms.